The number of carbonyl (C=O) groups is 2. The summed E-state index contributed by atoms with van der Waals surface area (Å²) < 4.78 is 5.00. The molecule has 2 rings (SSSR count). The van der Waals surface area contributed by atoms with Crippen LogP contribution in [0.25, 0.3) is 0 Å². The molecule has 0 saturated carbocycles. The number of ether oxygens (including phenoxy) is 1. The SMILES string of the molecule is CCc1c[nH]c(Cc2[nH]c(C(=O)O)c(C)c2CCCOC(C)=O)c1CC. The highest BCUT2D eigenvalue weighted by atomic mass is 16.5. The highest BCUT2D eigenvalue weighted by Gasteiger charge is 2.20. The van der Waals surface area contributed by atoms with Crippen molar-refractivity contribution < 1.29 is 19.4 Å². The van der Waals surface area contributed by atoms with Crippen molar-refractivity contribution in [1.82, 2.24) is 9.97 Å². The van der Waals surface area contributed by atoms with Crippen LogP contribution in [0.3, 0.4) is 0 Å². The average Bonchev–Trinajstić information content (AvgIpc) is 3.12. The number of esters is 1. The normalized spacial score (nSPS) is 10.9. The summed E-state index contributed by atoms with van der Waals surface area (Å²) in [6.07, 6.45) is 5.92. The fraction of sp³-hybridized carbons (Fsp3) is 0.500. The number of hydrogen-bond donors (Lipinski definition) is 3. The van der Waals surface area contributed by atoms with Gasteiger partial charge in [-0.3, -0.25) is 4.79 Å². The second-order valence-electron chi connectivity index (χ2n) is 6.49. The van der Waals surface area contributed by atoms with Crippen LogP contribution in [-0.2, 0) is 35.2 Å². The summed E-state index contributed by atoms with van der Waals surface area (Å²) in [5, 5.41) is 9.45. The molecule has 0 atom stereocenters. The van der Waals surface area contributed by atoms with E-state index in [1.54, 1.807) is 0 Å². The number of aromatic nitrogens is 2. The Balaban J connectivity index is 2.28. The summed E-state index contributed by atoms with van der Waals surface area (Å²) in [6.45, 7) is 7.82. The maximum absolute atomic E-state index is 11.5. The van der Waals surface area contributed by atoms with Crippen LogP contribution in [-0.4, -0.2) is 33.6 Å². The Hall–Kier alpha value is -2.50. The Labute approximate surface area is 154 Å². The van der Waals surface area contributed by atoms with Crippen molar-refractivity contribution >= 4 is 11.9 Å². The van der Waals surface area contributed by atoms with Gasteiger partial charge in [0.05, 0.1) is 6.61 Å². The fourth-order valence-corrected chi connectivity index (χ4v) is 3.50. The molecule has 0 spiro atoms. The molecule has 3 N–H and O–H groups in total. The molecule has 2 aromatic rings. The molecular weight excluding hydrogens is 332 g/mol. The van der Waals surface area contributed by atoms with Crippen LogP contribution in [0.2, 0.25) is 0 Å². The van der Waals surface area contributed by atoms with Crippen LogP contribution in [0, 0.1) is 6.92 Å². The van der Waals surface area contributed by atoms with E-state index in [0.29, 0.717) is 25.9 Å². The van der Waals surface area contributed by atoms with Crippen molar-refractivity contribution in [1.29, 1.82) is 0 Å². The average molecular weight is 360 g/mol. The van der Waals surface area contributed by atoms with Gasteiger partial charge < -0.3 is 19.8 Å². The van der Waals surface area contributed by atoms with Gasteiger partial charge >= 0.3 is 11.9 Å². The Morgan fingerprint density at radius 3 is 2.46 bits per heavy atom. The van der Waals surface area contributed by atoms with Gasteiger partial charge in [-0.2, -0.15) is 0 Å². The van der Waals surface area contributed by atoms with Gasteiger partial charge in [0.15, 0.2) is 0 Å². The Bertz CT molecular complexity index is 786. The first-order valence-electron chi connectivity index (χ1n) is 9.13. The lowest BCUT2D eigenvalue weighted by Crippen LogP contribution is -2.04. The summed E-state index contributed by atoms with van der Waals surface area (Å²) in [5.74, 6) is -1.25. The lowest BCUT2D eigenvalue weighted by atomic mass is 9.99. The van der Waals surface area contributed by atoms with Gasteiger partial charge in [0.25, 0.3) is 0 Å². The third kappa shape index (κ3) is 4.36. The second kappa shape index (κ2) is 8.74. The van der Waals surface area contributed by atoms with Gasteiger partial charge in [-0.25, -0.2) is 4.79 Å². The molecule has 0 amide bonds. The molecule has 142 valence electrons. The number of nitrogens with one attached hydrogen (secondary N) is 2. The molecule has 26 heavy (non-hydrogen) atoms. The minimum absolute atomic E-state index is 0.239. The molecule has 2 heterocycles. The lowest BCUT2D eigenvalue weighted by molar-refractivity contribution is -0.141. The lowest BCUT2D eigenvalue weighted by Gasteiger charge is -2.08. The highest BCUT2D eigenvalue weighted by Crippen LogP contribution is 2.25. The molecule has 0 bridgehead atoms. The van der Waals surface area contributed by atoms with Crippen LogP contribution >= 0.6 is 0 Å². The number of carboxylic acid groups (broad SMARTS) is 1. The van der Waals surface area contributed by atoms with Crippen LogP contribution in [0.1, 0.15) is 71.3 Å². The zero-order valence-corrected chi connectivity index (χ0v) is 16.0. The van der Waals surface area contributed by atoms with Gasteiger partial charge in [-0.1, -0.05) is 13.8 Å². The van der Waals surface area contributed by atoms with Gasteiger partial charge in [0, 0.05) is 30.9 Å². The van der Waals surface area contributed by atoms with Crippen LogP contribution in [0.4, 0.5) is 0 Å². The Kier molecular flexibility index (Phi) is 6.66. The second-order valence-corrected chi connectivity index (χ2v) is 6.49. The quantitative estimate of drug-likeness (QED) is 0.471. The monoisotopic (exact) mass is 360 g/mol. The molecule has 0 aliphatic carbocycles. The first-order valence-corrected chi connectivity index (χ1v) is 9.13. The summed E-state index contributed by atoms with van der Waals surface area (Å²) in [5.41, 5.74) is 6.66. The van der Waals surface area contributed by atoms with Crippen LogP contribution < -0.4 is 0 Å². The zero-order valence-electron chi connectivity index (χ0n) is 16.0. The predicted octanol–water partition coefficient (Wildman–Crippen LogP) is 3.56. The first-order chi connectivity index (χ1) is 12.4. The van der Waals surface area contributed by atoms with E-state index in [-0.39, 0.29) is 11.7 Å². The van der Waals surface area contributed by atoms with E-state index in [4.69, 9.17) is 4.74 Å². The highest BCUT2D eigenvalue weighted by molar-refractivity contribution is 5.88. The van der Waals surface area contributed by atoms with Crippen LogP contribution in [0.5, 0.6) is 0 Å². The minimum atomic E-state index is -0.952. The molecule has 0 aromatic carbocycles. The number of aromatic amines is 2. The van der Waals surface area contributed by atoms with E-state index >= 15 is 0 Å². The Morgan fingerprint density at radius 2 is 1.88 bits per heavy atom. The first kappa shape index (κ1) is 19.8. The molecule has 0 saturated heterocycles. The van der Waals surface area contributed by atoms with E-state index in [9.17, 15) is 14.7 Å². The van der Waals surface area contributed by atoms with Gasteiger partial charge in [0.2, 0.25) is 0 Å². The number of carbonyl (C=O) groups excluding carboxylic acids is 1. The van der Waals surface area contributed by atoms with Crippen molar-refractivity contribution in [2.45, 2.75) is 59.8 Å². The summed E-state index contributed by atoms with van der Waals surface area (Å²) in [7, 11) is 0. The van der Waals surface area contributed by atoms with Gasteiger partial charge in [-0.15, -0.1) is 0 Å². The fourth-order valence-electron chi connectivity index (χ4n) is 3.50. The number of hydrogen-bond acceptors (Lipinski definition) is 3. The molecular formula is C20H28N2O4. The van der Waals surface area contributed by atoms with E-state index in [0.717, 1.165) is 35.4 Å². The molecule has 0 aliphatic rings. The molecule has 0 radical (unpaired) electrons. The Morgan fingerprint density at radius 1 is 1.15 bits per heavy atom. The number of rotatable bonds is 9. The number of carboxylic acids is 1. The predicted molar refractivity (Wildman–Crippen MR) is 99.8 cm³/mol. The van der Waals surface area contributed by atoms with Crippen molar-refractivity contribution in [3.63, 3.8) is 0 Å². The third-order valence-electron chi connectivity index (χ3n) is 4.82. The van der Waals surface area contributed by atoms with Crippen molar-refractivity contribution in [3.05, 3.63) is 45.5 Å². The van der Waals surface area contributed by atoms with Crippen molar-refractivity contribution in [2.75, 3.05) is 6.61 Å². The largest absolute Gasteiger partial charge is 0.477 e. The number of H-pyrrole nitrogens is 2. The van der Waals surface area contributed by atoms with E-state index < -0.39 is 5.97 Å². The maximum Gasteiger partial charge on any atom is 0.352 e. The van der Waals surface area contributed by atoms with Gasteiger partial charge in [0.1, 0.15) is 5.69 Å². The van der Waals surface area contributed by atoms with Crippen molar-refractivity contribution in [2.24, 2.45) is 0 Å². The standard InChI is InChI=1S/C20H28N2O4/c1-5-14-11-21-17(15(14)6-2)10-18-16(8-7-9-26-13(4)23)12(3)19(22-18)20(24)25/h11,21-22H,5-10H2,1-4H3,(H,24,25). The zero-order chi connectivity index (χ0) is 19.3. The van der Waals surface area contributed by atoms with E-state index in [1.807, 2.05) is 13.1 Å². The van der Waals surface area contributed by atoms with Crippen LogP contribution in [0.15, 0.2) is 6.20 Å². The van der Waals surface area contributed by atoms with Gasteiger partial charge in [-0.05, 0) is 54.9 Å². The molecule has 0 aliphatic heterocycles. The molecule has 0 unspecified atom stereocenters. The molecule has 6 nitrogen and oxygen atoms in total. The number of aromatic carboxylic acids is 1. The summed E-state index contributed by atoms with van der Waals surface area (Å²) in [4.78, 5) is 28.9. The van der Waals surface area contributed by atoms with E-state index in [1.165, 1.54) is 18.1 Å². The smallest absolute Gasteiger partial charge is 0.352 e. The molecule has 0 fully saturated rings. The van der Waals surface area contributed by atoms with Crippen molar-refractivity contribution in [3.8, 4) is 0 Å². The van der Waals surface area contributed by atoms with E-state index in [2.05, 4.69) is 23.8 Å². The maximum atomic E-state index is 11.5. The number of aryl methyl sites for hydroxylation is 1. The summed E-state index contributed by atoms with van der Waals surface area (Å²) >= 11 is 0. The summed E-state index contributed by atoms with van der Waals surface area (Å²) in [6, 6.07) is 0. The topological polar surface area (TPSA) is 95.2 Å². The molecule has 6 heteroatoms. The minimum Gasteiger partial charge on any atom is -0.477 e. The molecule has 2 aromatic heterocycles. The third-order valence-corrected chi connectivity index (χ3v) is 4.82.